The molecule has 110 valence electrons. The zero-order chi connectivity index (χ0) is 15.4. The SMILES string of the molecule is COc1ccc(F)c(NCc2ccc(C(N)=O)cc2F)c1. The van der Waals surface area contributed by atoms with Crippen molar-refractivity contribution in [2.45, 2.75) is 6.54 Å². The van der Waals surface area contributed by atoms with Crippen LogP contribution in [-0.4, -0.2) is 13.0 Å². The fourth-order valence-corrected chi connectivity index (χ4v) is 1.80. The molecule has 0 unspecified atom stereocenters. The van der Waals surface area contributed by atoms with Gasteiger partial charge in [0, 0.05) is 23.7 Å². The van der Waals surface area contributed by atoms with Crippen LogP contribution in [0.25, 0.3) is 0 Å². The second-order valence-electron chi connectivity index (χ2n) is 4.37. The Balaban J connectivity index is 2.15. The van der Waals surface area contributed by atoms with Crippen LogP contribution in [0.2, 0.25) is 0 Å². The normalized spacial score (nSPS) is 10.2. The Kier molecular flexibility index (Phi) is 4.37. The molecule has 0 aromatic heterocycles. The smallest absolute Gasteiger partial charge is 0.248 e. The van der Waals surface area contributed by atoms with Gasteiger partial charge in [-0.1, -0.05) is 6.07 Å². The number of carbonyl (C=O) groups excluding carboxylic acids is 1. The molecule has 1 amide bonds. The molecule has 2 aromatic rings. The van der Waals surface area contributed by atoms with E-state index >= 15 is 0 Å². The number of primary amides is 1. The van der Waals surface area contributed by atoms with Crippen LogP contribution >= 0.6 is 0 Å². The van der Waals surface area contributed by atoms with E-state index in [9.17, 15) is 13.6 Å². The minimum atomic E-state index is -0.702. The summed E-state index contributed by atoms with van der Waals surface area (Å²) in [6, 6.07) is 8.13. The highest BCUT2D eigenvalue weighted by Gasteiger charge is 2.09. The molecule has 4 nitrogen and oxygen atoms in total. The summed E-state index contributed by atoms with van der Waals surface area (Å²) >= 11 is 0. The summed E-state index contributed by atoms with van der Waals surface area (Å²) in [5.41, 5.74) is 5.65. The third kappa shape index (κ3) is 3.47. The number of hydrogen-bond acceptors (Lipinski definition) is 3. The van der Waals surface area contributed by atoms with E-state index in [1.54, 1.807) is 0 Å². The lowest BCUT2D eigenvalue weighted by atomic mass is 10.1. The van der Waals surface area contributed by atoms with Crippen molar-refractivity contribution in [3.05, 3.63) is 59.2 Å². The van der Waals surface area contributed by atoms with E-state index in [1.807, 2.05) is 0 Å². The van der Waals surface area contributed by atoms with Crippen molar-refractivity contribution >= 4 is 11.6 Å². The van der Waals surface area contributed by atoms with Gasteiger partial charge in [0.05, 0.1) is 12.8 Å². The molecule has 6 heteroatoms. The molecule has 0 fully saturated rings. The van der Waals surface area contributed by atoms with E-state index in [-0.39, 0.29) is 17.8 Å². The summed E-state index contributed by atoms with van der Waals surface area (Å²) in [7, 11) is 1.47. The molecule has 0 saturated carbocycles. The molecule has 0 bridgehead atoms. The molecule has 2 rings (SSSR count). The van der Waals surface area contributed by atoms with Crippen LogP contribution in [0.15, 0.2) is 36.4 Å². The lowest BCUT2D eigenvalue weighted by molar-refractivity contribution is 0.1000. The number of hydrogen-bond donors (Lipinski definition) is 2. The van der Waals surface area contributed by atoms with Crippen LogP contribution in [0.5, 0.6) is 5.75 Å². The monoisotopic (exact) mass is 292 g/mol. The quantitative estimate of drug-likeness (QED) is 0.890. The zero-order valence-electron chi connectivity index (χ0n) is 11.3. The van der Waals surface area contributed by atoms with Gasteiger partial charge in [0.15, 0.2) is 0 Å². The number of nitrogens with two attached hydrogens (primary N) is 1. The average Bonchev–Trinajstić information content (AvgIpc) is 2.47. The summed E-state index contributed by atoms with van der Waals surface area (Å²) in [4.78, 5) is 10.9. The van der Waals surface area contributed by atoms with Crippen LogP contribution in [0.4, 0.5) is 14.5 Å². The molecule has 3 N–H and O–H groups in total. The van der Waals surface area contributed by atoms with Gasteiger partial charge in [0.2, 0.25) is 5.91 Å². The number of ether oxygens (including phenoxy) is 1. The first-order valence-electron chi connectivity index (χ1n) is 6.17. The number of nitrogens with one attached hydrogen (secondary N) is 1. The van der Waals surface area contributed by atoms with Crippen molar-refractivity contribution in [2.75, 3.05) is 12.4 Å². The molecule has 0 aliphatic carbocycles. The first-order chi connectivity index (χ1) is 10.0. The van der Waals surface area contributed by atoms with Crippen molar-refractivity contribution < 1.29 is 18.3 Å². The molecule has 0 atom stereocenters. The van der Waals surface area contributed by atoms with Gasteiger partial charge >= 0.3 is 0 Å². The summed E-state index contributed by atoms with van der Waals surface area (Å²) < 4.78 is 32.4. The van der Waals surface area contributed by atoms with Gasteiger partial charge in [-0.3, -0.25) is 4.79 Å². The highest BCUT2D eigenvalue weighted by molar-refractivity contribution is 5.92. The number of rotatable bonds is 5. The first kappa shape index (κ1) is 14.8. The van der Waals surface area contributed by atoms with E-state index in [0.29, 0.717) is 11.3 Å². The van der Waals surface area contributed by atoms with Gasteiger partial charge < -0.3 is 15.8 Å². The van der Waals surface area contributed by atoms with Gasteiger partial charge in [0.25, 0.3) is 0 Å². The summed E-state index contributed by atoms with van der Waals surface area (Å²) in [5.74, 6) is -1.26. The lowest BCUT2D eigenvalue weighted by Crippen LogP contribution is -2.12. The number of methoxy groups -OCH3 is 1. The Bertz CT molecular complexity index is 675. The summed E-state index contributed by atoms with van der Waals surface area (Å²) in [6.45, 7) is 0.0644. The largest absolute Gasteiger partial charge is 0.497 e. The van der Waals surface area contributed by atoms with Gasteiger partial charge in [-0.15, -0.1) is 0 Å². The van der Waals surface area contributed by atoms with Crippen molar-refractivity contribution in [1.82, 2.24) is 0 Å². The molecular weight excluding hydrogens is 278 g/mol. The summed E-state index contributed by atoms with van der Waals surface area (Å²) in [6.07, 6.45) is 0. The van der Waals surface area contributed by atoms with E-state index in [0.717, 1.165) is 6.07 Å². The van der Waals surface area contributed by atoms with Crippen LogP contribution in [0.3, 0.4) is 0 Å². The van der Waals surface area contributed by atoms with E-state index in [1.165, 1.54) is 37.4 Å². The molecule has 0 radical (unpaired) electrons. The van der Waals surface area contributed by atoms with Crippen molar-refractivity contribution in [2.24, 2.45) is 5.73 Å². The Morgan fingerprint density at radius 2 is 1.95 bits per heavy atom. The third-order valence-corrected chi connectivity index (χ3v) is 2.98. The molecule has 0 aliphatic rings. The summed E-state index contributed by atoms with van der Waals surface area (Å²) in [5, 5.41) is 2.78. The molecule has 21 heavy (non-hydrogen) atoms. The zero-order valence-corrected chi connectivity index (χ0v) is 11.3. The maximum atomic E-state index is 13.8. The van der Waals surface area contributed by atoms with Crippen LogP contribution in [0, 0.1) is 11.6 Å². The van der Waals surface area contributed by atoms with Gasteiger partial charge in [0.1, 0.15) is 17.4 Å². The third-order valence-electron chi connectivity index (χ3n) is 2.98. The molecule has 0 saturated heterocycles. The number of benzene rings is 2. The lowest BCUT2D eigenvalue weighted by Gasteiger charge is -2.10. The molecule has 0 spiro atoms. The standard InChI is InChI=1S/C15H14F2N2O2/c1-21-11-4-5-12(16)14(7-11)19-8-10-3-2-9(15(18)20)6-13(10)17/h2-7,19H,8H2,1H3,(H2,18,20). The molecule has 0 aliphatic heterocycles. The van der Waals surface area contributed by atoms with E-state index < -0.39 is 17.5 Å². The second-order valence-corrected chi connectivity index (χ2v) is 4.37. The van der Waals surface area contributed by atoms with Gasteiger partial charge in [-0.25, -0.2) is 8.78 Å². The number of anilines is 1. The predicted molar refractivity (Wildman–Crippen MR) is 75.2 cm³/mol. The van der Waals surface area contributed by atoms with Crippen molar-refractivity contribution in [3.63, 3.8) is 0 Å². The van der Waals surface area contributed by atoms with Gasteiger partial charge in [-0.2, -0.15) is 0 Å². The van der Waals surface area contributed by atoms with Crippen LogP contribution in [0.1, 0.15) is 15.9 Å². The van der Waals surface area contributed by atoms with Crippen molar-refractivity contribution in [1.29, 1.82) is 0 Å². The number of carbonyl (C=O) groups is 1. The maximum Gasteiger partial charge on any atom is 0.248 e. The number of halogens is 2. The highest BCUT2D eigenvalue weighted by atomic mass is 19.1. The van der Waals surface area contributed by atoms with Crippen LogP contribution < -0.4 is 15.8 Å². The molecular formula is C15H14F2N2O2. The maximum absolute atomic E-state index is 13.8. The highest BCUT2D eigenvalue weighted by Crippen LogP contribution is 2.22. The first-order valence-corrected chi connectivity index (χ1v) is 6.17. The Labute approximate surface area is 120 Å². The Morgan fingerprint density at radius 1 is 1.19 bits per heavy atom. The fraction of sp³-hybridized carbons (Fsp3) is 0.133. The number of amides is 1. The van der Waals surface area contributed by atoms with E-state index in [2.05, 4.69) is 5.32 Å². The van der Waals surface area contributed by atoms with E-state index in [4.69, 9.17) is 10.5 Å². The Morgan fingerprint density at radius 3 is 2.57 bits per heavy atom. The fourth-order valence-electron chi connectivity index (χ4n) is 1.80. The average molecular weight is 292 g/mol. The molecule has 0 heterocycles. The molecule has 2 aromatic carbocycles. The van der Waals surface area contributed by atoms with Crippen LogP contribution in [-0.2, 0) is 6.54 Å². The minimum absolute atomic E-state index is 0.0644. The van der Waals surface area contributed by atoms with Crippen molar-refractivity contribution in [3.8, 4) is 5.75 Å². The topological polar surface area (TPSA) is 64.3 Å². The minimum Gasteiger partial charge on any atom is -0.497 e. The Hall–Kier alpha value is -2.63. The second kappa shape index (κ2) is 6.21. The predicted octanol–water partition coefficient (Wildman–Crippen LogP) is 2.68. The van der Waals surface area contributed by atoms with Gasteiger partial charge in [-0.05, 0) is 24.3 Å².